The lowest BCUT2D eigenvalue weighted by molar-refractivity contribution is -0.147. The van der Waals surface area contributed by atoms with E-state index in [0.29, 0.717) is 12.2 Å². The van der Waals surface area contributed by atoms with Crippen molar-refractivity contribution in [2.24, 2.45) is 0 Å². The summed E-state index contributed by atoms with van der Waals surface area (Å²) in [7, 11) is 0. The van der Waals surface area contributed by atoms with Crippen molar-refractivity contribution in [3.63, 3.8) is 0 Å². The fourth-order valence-corrected chi connectivity index (χ4v) is 1.98. The molecule has 1 aliphatic heterocycles. The third kappa shape index (κ3) is 1.89. The Morgan fingerprint density at radius 3 is 2.41 bits per heavy atom. The van der Waals surface area contributed by atoms with Gasteiger partial charge >= 0.3 is 6.18 Å². The molecule has 94 valence electrons. The minimum Gasteiger partial charge on any atom is -0.365 e. The highest BCUT2D eigenvalue weighted by atomic mass is 19.4. The van der Waals surface area contributed by atoms with Crippen LogP contribution >= 0.6 is 0 Å². The molecule has 0 radical (unpaired) electrons. The Labute approximate surface area is 96.7 Å². The van der Waals surface area contributed by atoms with Crippen LogP contribution in [0.2, 0.25) is 0 Å². The molecule has 7 heteroatoms. The topological polar surface area (TPSA) is 34.0 Å². The number of hydrogen-bond acceptors (Lipinski definition) is 3. The average molecular weight is 246 g/mol. The normalized spacial score (nSPS) is 16.6. The van der Waals surface area contributed by atoms with E-state index in [9.17, 15) is 13.2 Å². The molecule has 0 spiro atoms. The molecule has 0 saturated carbocycles. The van der Waals surface area contributed by atoms with Gasteiger partial charge in [-0.25, -0.2) is 0 Å². The van der Waals surface area contributed by atoms with Crippen LogP contribution in [0.15, 0.2) is 6.58 Å². The number of halogens is 3. The zero-order valence-corrected chi connectivity index (χ0v) is 9.62. The molecule has 4 nitrogen and oxygen atoms in total. The van der Waals surface area contributed by atoms with E-state index in [0.717, 1.165) is 4.57 Å². The van der Waals surface area contributed by atoms with Gasteiger partial charge in [-0.2, -0.15) is 13.2 Å². The predicted octanol–water partition coefficient (Wildman–Crippen LogP) is 1.99. The summed E-state index contributed by atoms with van der Waals surface area (Å²) >= 11 is 0. The molecule has 1 aromatic rings. The van der Waals surface area contributed by atoms with Gasteiger partial charge in [0.25, 0.3) is 0 Å². The Bertz CT molecular complexity index is 447. The molecule has 1 aliphatic rings. The second-order valence-corrected chi connectivity index (χ2v) is 4.23. The summed E-state index contributed by atoms with van der Waals surface area (Å²) in [6.07, 6.45) is -4.47. The van der Waals surface area contributed by atoms with Crippen LogP contribution in [-0.4, -0.2) is 32.3 Å². The van der Waals surface area contributed by atoms with Gasteiger partial charge in [0.2, 0.25) is 5.82 Å². The van der Waals surface area contributed by atoms with Crippen molar-refractivity contribution in [2.75, 3.05) is 6.54 Å². The van der Waals surface area contributed by atoms with Crippen molar-refractivity contribution in [3.8, 4) is 0 Å². The van der Waals surface area contributed by atoms with Gasteiger partial charge in [0.05, 0.1) is 5.70 Å². The molecule has 2 heterocycles. The first kappa shape index (κ1) is 11.9. The van der Waals surface area contributed by atoms with Gasteiger partial charge in [-0.1, -0.05) is 6.58 Å². The summed E-state index contributed by atoms with van der Waals surface area (Å²) < 4.78 is 39.0. The molecule has 0 bridgehead atoms. The van der Waals surface area contributed by atoms with E-state index in [1.807, 2.05) is 18.7 Å². The van der Waals surface area contributed by atoms with Gasteiger partial charge in [-0.3, -0.25) is 0 Å². The van der Waals surface area contributed by atoms with E-state index in [2.05, 4.69) is 16.8 Å². The van der Waals surface area contributed by atoms with Gasteiger partial charge in [0.1, 0.15) is 0 Å². The van der Waals surface area contributed by atoms with Crippen molar-refractivity contribution in [2.45, 2.75) is 32.6 Å². The molecular weight excluding hydrogens is 233 g/mol. The summed E-state index contributed by atoms with van der Waals surface area (Å²) in [5, 5.41) is 6.80. The number of nitrogens with zero attached hydrogens (tertiary/aromatic N) is 4. The van der Waals surface area contributed by atoms with Crippen molar-refractivity contribution in [3.05, 3.63) is 18.2 Å². The van der Waals surface area contributed by atoms with Crippen LogP contribution in [0.1, 0.15) is 25.5 Å². The molecule has 0 unspecified atom stereocenters. The Hall–Kier alpha value is -1.53. The third-order valence-corrected chi connectivity index (χ3v) is 2.80. The second kappa shape index (κ2) is 3.75. The van der Waals surface area contributed by atoms with Crippen molar-refractivity contribution in [1.82, 2.24) is 19.7 Å². The Morgan fingerprint density at radius 1 is 1.24 bits per heavy atom. The van der Waals surface area contributed by atoms with Crippen molar-refractivity contribution >= 4 is 5.70 Å². The molecule has 0 atom stereocenters. The average Bonchev–Trinajstić information content (AvgIpc) is 2.61. The summed E-state index contributed by atoms with van der Waals surface area (Å²) in [6.45, 7) is 8.43. The molecule has 0 fully saturated rings. The molecule has 0 saturated heterocycles. The van der Waals surface area contributed by atoms with Crippen LogP contribution in [0.25, 0.3) is 5.70 Å². The first-order valence-corrected chi connectivity index (χ1v) is 5.28. The maximum Gasteiger partial charge on any atom is 0.451 e. The van der Waals surface area contributed by atoms with Crippen LogP contribution in [0.3, 0.4) is 0 Å². The maximum absolute atomic E-state index is 12.6. The highest BCUT2D eigenvalue weighted by Gasteiger charge is 2.40. The zero-order valence-electron chi connectivity index (χ0n) is 9.62. The van der Waals surface area contributed by atoms with E-state index >= 15 is 0 Å². The van der Waals surface area contributed by atoms with Crippen molar-refractivity contribution in [1.29, 1.82) is 0 Å². The molecule has 2 rings (SSSR count). The largest absolute Gasteiger partial charge is 0.451 e. The Kier molecular flexibility index (Phi) is 2.63. The SMILES string of the molecule is C=C1c2nnc(C(F)(F)F)n2CCN1C(C)C. The van der Waals surface area contributed by atoms with E-state index < -0.39 is 12.0 Å². The first-order valence-electron chi connectivity index (χ1n) is 5.28. The molecular formula is C10H13F3N4. The quantitative estimate of drug-likeness (QED) is 0.760. The van der Waals surface area contributed by atoms with Crippen LogP contribution in [0, 0.1) is 0 Å². The molecule has 0 N–H and O–H groups in total. The predicted molar refractivity (Wildman–Crippen MR) is 55.9 cm³/mol. The van der Waals surface area contributed by atoms with E-state index in [-0.39, 0.29) is 18.4 Å². The summed E-state index contributed by atoms with van der Waals surface area (Å²) in [4.78, 5) is 1.92. The van der Waals surface area contributed by atoms with Crippen LogP contribution in [0.5, 0.6) is 0 Å². The number of hydrogen-bond donors (Lipinski definition) is 0. The van der Waals surface area contributed by atoms with E-state index in [1.165, 1.54) is 0 Å². The zero-order chi connectivity index (χ0) is 12.8. The third-order valence-electron chi connectivity index (χ3n) is 2.80. The fraction of sp³-hybridized carbons (Fsp3) is 0.600. The monoisotopic (exact) mass is 246 g/mol. The van der Waals surface area contributed by atoms with Crippen LogP contribution < -0.4 is 0 Å². The lowest BCUT2D eigenvalue weighted by Gasteiger charge is -2.34. The second-order valence-electron chi connectivity index (χ2n) is 4.23. The Morgan fingerprint density at radius 2 is 1.88 bits per heavy atom. The molecule has 17 heavy (non-hydrogen) atoms. The number of rotatable bonds is 1. The van der Waals surface area contributed by atoms with Crippen molar-refractivity contribution < 1.29 is 13.2 Å². The summed E-state index contributed by atoms with van der Waals surface area (Å²) in [5.74, 6) is -0.741. The number of aromatic nitrogens is 3. The van der Waals surface area contributed by atoms with Crippen LogP contribution in [-0.2, 0) is 12.7 Å². The molecule has 0 amide bonds. The number of fused-ring (bicyclic) bond motifs is 1. The lowest BCUT2D eigenvalue weighted by atomic mass is 10.2. The fourth-order valence-electron chi connectivity index (χ4n) is 1.98. The van der Waals surface area contributed by atoms with Gasteiger partial charge in [-0.05, 0) is 13.8 Å². The van der Waals surface area contributed by atoms with Gasteiger partial charge in [0.15, 0.2) is 5.82 Å². The molecule has 0 aromatic carbocycles. The lowest BCUT2D eigenvalue weighted by Crippen LogP contribution is -2.38. The highest BCUT2D eigenvalue weighted by molar-refractivity contribution is 5.57. The first-order chi connectivity index (χ1) is 7.82. The number of alkyl halides is 3. The standard InChI is InChI=1S/C10H13F3N4/c1-6(2)16-4-5-17-8(7(16)3)14-15-9(17)10(11,12)13/h6H,3-5H2,1-2H3. The van der Waals surface area contributed by atoms with Gasteiger partial charge < -0.3 is 9.47 Å². The summed E-state index contributed by atoms with van der Waals surface area (Å²) in [5.41, 5.74) is 0.495. The molecule has 1 aromatic heterocycles. The Balaban J connectivity index is 2.41. The van der Waals surface area contributed by atoms with Gasteiger partial charge in [0, 0.05) is 19.1 Å². The van der Waals surface area contributed by atoms with E-state index in [1.54, 1.807) is 0 Å². The minimum absolute atomic E-state index is 0.183. The highest BCUT2D eigenvalue weighted by Crippen LogP contribution is 2.32. The summed E-state index contributed by atoms with van der Waals surface area (Å²) in [6, 6.07) is 0.183. The minimum atomic E-state index is -4.47. The molecule has 0 aliphatic carbocycles. The maximum atomic E-state index is 12.6. The van der Waals surface area contributed by atoms with E-state index in [4.69, 9.17) is 0 Å². The van der Waals surface area contributed by atoms with Gasteiger partial charge in [-0.15, -0.1) is 10.2 Å². The van der Waals surface area contributed by atoms with Crippen LogP contribution in [0.4, 0.5) is 13.2 Å². The smallest absolute Gasteiger partial charge is 0.365 e.